The largest absolute Gasteiger partial charge is 0.487 e. The highest BCUT2D eigenvalue weighted by atomic mass is 19.1. The monoisotopic (exact) mass is 293 g/mol. The van der Waals surface area contributed by atoms with Crippen LogP contribution in [0.25, 0.3) is 0 Å². The van der Waals surface area contributed by atoms with Crippen molar-refractivity contribution in [2.24, 2.45) is 5.41 Å². The Balaban J connectivity index is 2.11. The van der Waals surface area contributed by atoms with Crippen molar-refractivity contribution in [3.05, 3.63) is 29.6 Å². The zero-order valence-electron chi connectivity index (χ0n) is 13.7. The van der Waals surface area contributed by atoms with E-state index in [1.807, 2.05) is 6.07 Å². The molecule has 1 fully saturated rings. The van der Waals surface area contributed by atoms with Crippen LogP contribution in [0.4, 0.5) is 4.39 Å². The zero-order valence-corrected chi connectivity index (χ0v) is 13.7. The summed E-state index contributed by atoms with van der Waals surface area (Å²) in [7, 11) is 0. The molecule has 0 amide bonds. The van der Waals surface area contributed by atoms with Gasteiger partial charge in [-0.2, -0.15) is 0 Å². The van der Waals surface area contributed by atoms with Crippen molar-refractivity contribution in [2.75, 3.05) is 6.54 Å². The molecule has 1 aromatic carbocycles. The smallest absolute Gasteiger partial charge is 0.167 e. The number of hydrogen-bond donors (Lipinski definition) is 1. The first kappa shape index (κ1) is 16.3. The van der Waals surface area contributed by atoms with Gasteiger partial charge in [0.25, 0.3) is 0 Å². The summed E-state index contributed by atoms with van der Waals surface area (Å²) in [5.41, 5.74) is 0.775. The normalized spacial score (nSPS) is 23.7. The van der Waals surface area contributed by atoms with Crippen LogP contribution >= 0.6 is 0 Å². The minimum absolute atomic E-state index is 0.109. The predicted molar refractivity (Wildman–Crippen MR) is 85.3 cm³/mol. The fourth-order valence-corrected chi connectivity index (χ4v) is 3.58. The molecular weight excluding hydrogens is 265 g/mol. The summed E-state index contributed by atoms with van der Waals surface area (Å²) in [6.07, 6.45) is 4.33. The fraction of sp³-hybridized carbons (Fsp3) is 0.667. The average molecular weight is 293 g/mol. The highest BCUT2D eigenvalue weighted by molar-refractivity contribution is 5.31. The third kappa shape index (κ3) is 2.94. The van der Waals surface area contributed by atoms with Gasteiger partial charge in [-0.25, -0.2) is 4.39 Å². The highest BCUT2D eigenvalue weighted by Gasteiger charge is 2.54. The molecule has 2 nitrogen and oxygen atoms in total. The Morgan fingerprint density at radius 2 is 2.00 bits per heavy atom. The van der Waals surface area contributed by atoms with Gasteiger partial charge in [0.1, 0.15) is 6.10 Å². The molecule has 0 radical (unpaired) electrons. The van der Waals surface area contributed by atoms with Gasteiger partial charge in [0, 0.05) is 17.9 Å². The molecule has 1 aromatic rings. The number of aryl methyl sites for hydroxylation is 1. The highest BCUT2D eigenvalue weighted by Crippen LogP contribution is 2.49. The molecule has 1 N–H and O–H groups in total. The summed E-state index contributed by atoms with van der Waals surface area (Å²) in [6.45, 7) is 9.43. The van der Waals surface area contributed by atoms with Crippen LogP contribution in [0.15, 0.2) is 18.2 Å². The lowest BCUT2D eigenvalue weighted by Crippen LogP contribution is -2.64. The van der Waals surface area contributed by atoms with Crippen LogP contribution < -0.4 is 10.1 Å². The van der Waals surface area contributed by atoms with Crippen LogP contribution in [0, 0.1) is 18.2 Å². The summed E-state index contributed by atoms with van der Waals surface area (Å²) in [5.74, 6) is 0.184. The van der Waals surface area contributed by atoms with Crippen molar-refractivity contribution in [3.63, 3.8) is 0 Å². The van der Waals surface area contributed by atoms with Crippen LogP contribution in [-0.4, -0.2) is 18.7 Å². The van der Waals surface area contributed by atoms with Crippen molar-refractivity contribution in [1.82, 2.24) is 5.32 Å². The van der Waals surface area contributed by atoms with E-state index in [9.17, 15) is 4.39 Å². The summed E-state index contributed by atoms with van der Waals surface area (Å²) >= 11 is 0. The average Bonchev–Trinajstić information content (AvgIpc) is 2.47. The van der Waals surface area contributed by atoms with Gasteiger partial charge >= 0.3 is 0 Å². The second kappa shape index (κ2) is 6.78. The van der Waals surface area contributed by atoms with Gasteiger partial charge in [-0.15, -0.1) is 0 Å². The topological polar surface area (TPSA) is 21.3 Å². The molecule has 0 saturated heterocycles. The van der Waals surface area contributed by atoms with E-state index in [4.69, 9.17) is 4.74 Å². The van der Waals surface area contributed by atoms with E-state index < -0.39 is 0 Å². The van der Waals surface area contributed by atoms with Crippen LogP contribution in [0.3, 0.4) is 0 Å². The Morgan fingerprint density at radius 3 is 2.62 bits per heavy atom. The Morgan fingerprint density at radius 1 is 1.29 bits per heavy atom. The molecule has 3 heteroatoms. The molecule has 2 unspecified atom stereocenters. The van der Waals surface area contributed by atoms with Crippen molar-refractivity contribution in [2.45, 2.75) is 65.5 Å². The number of benzene rings is 1. The van der Waals surface area contributed by atoms with E-state index >= 15 is 0 Å². The van der Waals surface area contributed by atoms with E-state index in [0.29, 0.717) is 17.4 Å². The maximum atomic E-state index is 14.1. The molecule has 0 aliphatic heterocycles. The number of nitrogens with one attached hydrogen (secondary N) is 1. The molecule has 2 rings (SSSR count). The van der Waals surface area contributed by atoms with Gasteiger partial charge in [-0.1, -0.05) is 32.9 Å². The minimum atomic E-state index is -0.219. The lowest BCUT2D eigenvalue weighted by Gasteiger charge is -2.55. The first-order chi connectivity index (χ1) is 10.1. The maximum absolute atomic E-state index is 14.1. The number of halogens is 1. The SMILES string of the molecule is CCCNC1CC(Oc2cccc(C)c2F)C1(CC)CC. The Labute approximate surface area is 128 Å². The van der Waals surface area contributed by atoms with Crippen LogP contribution in [0.5, 0.6) is 5.75 Å². The van der Waals surface area contributed by atoms with Gasteiger partial charge in [-0.3, -0.25) is 0 Å². The first-order valence-corrected chi connectivity index (χ1v) is 8.24. The van der Waals surface area contributed by atoms with E-state index in [-0.39, 0.29) is 17.3 Å². The molecule has 21 heavy (non-hydrogen) atoms. The van der Waals surface area contributed by atoms with Crippen LogP contribution in [0.1, 0.15) is 52.0 Å². The third-order valence-electron chi connectivity index (χ3n) is 5.17. The van der Waals surface area contributed by atoms with Gasteiger partial charge in [0.2, 0.25) is 0 Å². The molecular formula is C18H28FNO. The van der Waals surface area contributed by atoms with E-state index in [0.717, 1.165) is 32.2 Å². The molecule has 0 bridgehead atoms. The maximum Gasteiger partial charge on any atom is 0.167 e. The quantitative estimate of drug-likeness (QED) is 0.801. The van der Waals surface area contributed by atoms with Crippen molar-refractivity contribution in [1.29, 1.82) is 0 Å². The summed E-state index contributed by atoms with van der Waals surface area (Å²) < 4.78 is 20.2. The standard InChI is InChI=1S/C18H28FNO/c1-5-11-20-15-12-16(18(15,6-2)7-3)21-14-10-8-9-13(4)17(14)19/h8-10,15-16,20H,5-7,11-12H2,1-4H3. The second-order valence-electron chi connectivity index (χ2n) is 6.18. The fourth-order valence-electron chi connectivity index (χ4n) is 3.58. The molecule has 0 aromatic heterocycles. The molecule has 1 aliphatic rings. The second-order valence-corrected chi connectivity index (χ2v) is 6.18. The van der Waals surface area contributed by atoms with Crippen LogP contribution in [0.2, 0.25) is 0 Å². The Bertz CT molecular complexity index is 470. The molecule has 1 saturated carbocycles. The van der Waals surface area contributed by atoms with E-state index in [1.165, 1.54) is 0 Å². The molecule has 2 atom stereocenters. The lowest BCUT2D eigenvalue weighted by molar-refractivity contribution is -0.0872. The molecule has 1 aliphatic carbocycles. The summed E-state index contributed by atoms with van der Waals surface area (Å²) in [6, 6.07) is 5.87. The van der Waals surface area contributed by atoms with Gasteiger partial charge in [-0.05, 0) is 44.4 Å². The van der Waals surface area contributed by atoms with Gasteiger partial charge in [0.15, 0.2) is 11.6 Å². The molecule has 0 spiro atoms. The van der Waals surface area contributed by atoms with Crippen LogP contribution in [-0.2, 0) is 0 Å². The summed E-state index contributed by atoms with van der Waals surface area (Å²) in [4.78, 5) is 0. The van der Waals surface area contributed by atoms with Gasteiger partial charge < -0.3 is 10.1 Å². The first-order valence-electron chi connectivity index (χ1n) is 8.24. The zero-order chi connectivity index (χ0) is 15.5. The third-order valence-corrected chi connectivity index (χ3v) is 5.17. The van der Waals surface area contributed by atoms with Crippen molar-refractivity contribution in [3.8, 4) is 5.75 Å². The Kier molecular flexibility index (Phi) is 5.26. The van der Waals surface area contributed by atoms with E-state index in [2.05, 4.69) is 26.1 Å². The number of rotatable bonds is 7. The predicted octanol–water partition coefficient (Wildman–Crippen LogP) is 4.46. The van der Waals surface area contributed by atoms with Crippen molar-refractivity contribution < 1.29 is 9.13 Å². The number of hydrogen-bond acceptors (Lipinski definition) is 2. The lowest BCUT2D eigenvalue weighted by atomic mass is 9.58. The van der Waals surface area contributed by atoms with E-state index in [1.54, 1.807) is 19.1 Å². The van der Waals surface area contributed by atoms with Crippen molar-refractivity contribution >= 4 is 0 Å². The molecule has 0 heterocycles. The Hall–Kier alpha value is -1.09. The summed E-state index contributed by atoms with van der Waals surface area (Å²) in [5, 5.41) is 3.63. The molecule has 118 valence electrons. The number of ether oxygens (including phenoxy) is 1. The van der Waals surface area contributed by atoms with Gasteiger partial charge in [0.05, 0.1) is 0 Å². The minimum Gasteiger partial charge on any atom is -0.487 e.